The third kappa shape index (κ3) is 5.86. The van der Waals surface area contributed by atoms with Crippen molar-refractivity contribution in [3.63, 3.8) is 0 Å². The number of amides is 2. The van der Waals surface area contributed by atoms with Crippen LogP contribution in [-0.2, 0) is 37.5 Å². The van der Waals surface area contributed by atoms with Gasteiger partial charge < -0.3 is 4.74 Å². The quantitative estimate of drug-likeness (QED) is 0.374. The van der Waals surface area contributed by atoms with Crippen molar-refractivity contribution in [2.45, 2.75) is 95.2 Å². The Bertz CT molecular complexity index is 1410. The number of ether oxygens (including phenoxy) is 1. The standard InChI is InChI=1S/C31H39N3O5S/c1-3-5-12-28-32-31(17-8-9-18-31)30(36)34(28)20-22-13-16-25(24(19-22)21-39-4-2)26-10-6-7-11-27(26)40(37,38)33-29(35)23-14-15-23/h6-7,10-11,13,16,19,23H,3-5,8-9,12,14-15,17-18,20-21H2,1-2H3,(H,33,35). The first-order valence-electron chi connectivity index (χ1n) is 14.5. The highest BCUT2D eigenvalue weighted by molar-refractivity contribution is 7.90. The number of hydrogen-bond acceptors (Lipinski definition) is 6. The number of rotatable bonds is 12. The number of amidine groups is 1. The van der Waals surface area contributed by atoms with Crippen molar-refractivity contribution >= 4 is 27.7 Å². The number of benzene rings is 2. The topological polar surface area (TPSA) is 105 Å². The van der Waals surface area contributed by atoms with Crippen LogP contribution in [0.1, 0.15) is 82.8 Å². The highest BCUT2D eigenvalue weighted by Gasteiger charge is 2.49. The van der Waals surface area contributed by atoms with Gasteiger partial charge in [0.1, 0.15) is 11.4 Å². The van der Waals surface area contributed by atoms with E-state index in [1.807, 2.05) is 30.0 Å². The molecule has 1 N–H and O–H groups in total. The van der Waals surface area contributed by atoms with Gasteiger partial charge >= 0.3 is 0 Å². The highest BCUT2D eigenvalue weighted by atomic mass is 32.2. The molecule has 40 heavy (non-hydrogen) atoms. The maximum atomic E-state index is 13.6. The minimum atomic E-state index is -4.05. The van der Waals surface area contributed by atoms with Crippen molar-refractivity contribution in [2.24, 2.45) is 10.9 Å². The molecule has 0 bridgehead atoms. The van der Waals surface area contributed by atoms with Crippen LogP contribution in [0.15, 0.2) is 52.4 Å². The summed E-state index contributed by atoms with van der Waals surface area (Å²) in [5.41, 5.74) is 2.40. The average molecular weight is 566 g/mol. The molecule has 0 radical (unpaired) electrons. The van der Waals surface area contributed by atoms with Crippen LogP contribution in [0.2, 0.25) is 0 Å². The highest BCUT2D eigenvalue weighted by Crippen LogP contribution is 2.40. The lowest BCUT2D eigenvalue weighted by molar-refractivity contribution is -0.131. The maximum absolute atomic E-state index is 13.6. The van der Waals surface area contributed by atoms with Crippen LogP contribution in [0.3, 0.4) is 0 Å². The smallest absolute Gasteiger partial charge is 0.264 e. The molecule has 0 unspecified atom stereocenters. The third-order valence-electron chi connectivity index (χ3n) is 8.10. The predicted molar refractivity (Wildman–Crippen MR) is 154 cm³/mol. The Labute approximate surface area is 237 Å². The maximum Gasteiger partial charge on any atom is 0.264 e. The first-order chi connectivity index (χ1) is 19.3. The predicted octanol–water partition coefficient (Wildman–Crippen LogP) is 5.35. The van der Waals surface area contributed by atoms with Gasteiger partial charge in [-0.3, -0.25) is 19.5 Å². The Morgan fingerprint density at radius 2 is 1.85 bits per heavy atom. The molecule has 5 rings (SSSR count). The molecule has 1 spiro atoms. The van der Waals surface area contributed by atoms with Gasteiger partial charge in [0, 0.05) is 24.5 Å². The van der Waals surface area contributed by atoms with Crippen LogP contribution in [-0.4, -0.2) is 43.1 Å². The summed E-state index contributed by atoms with van der Waals surface area (Å²) in [6.07, 6.45) is 7.92. The molecule has 0 saturated heterocycles. The summed E-state index contributed by atoms with van der Waals surface area (Å²) in [5, 5.41) is 0. The molecule has 2 aromatic rings. The number of nitrogens with zero attached hydrogens (tertiary/aromatic N) is 2. The summed E-state index contributed by atoms with van der Waals surface area (Å²) in [5.74, 6) is 0.314. The molecule has 2 saturated carbocycles. The van der Waals surface area contributed by atoms with Gasteiger partial charge in [0.25, 0.3) is 15.9 Å². The van der Waals surface area contributed by atoms with Crippen molar-refractivity contribution in [2.75, 3.05) is 6.61 Å². The van der Waals surface area contributed by atoms with E-state index in [1.54, 1.807) is 18.2 Å². The van der Waals surface area contributed by atoms with Gasteiger partial charge in [-0.25, -0.2) is 13.1 Å². The van der Waals surface area contributed by atoms with E-state index in [0.717, 1.165) is 67.5 Å². The fraction of sp³-hybridized carbons (Fsp3) is 0.516. The first-order valence-corrected chi connectivity index (χ1v) is 16.0. The molecule has 2 fully saturated rings. The number of hydrogen-bond donors (Lipinski definition) is 1. The van der Waals surface area contributed by atoms with Crippen LogP contribution in [0.4, 0.5) is 0 Å². The monoisotopic (exact) mass is 565 g/mol. The summed E-state index contributed by atoms with van der Waals surface area (Å²) in [7, 11) is -4.05. The van der Waals surface area contributed by atoms with E-state index >= 15 is 0 Å². The summed E-state index contributed by atoms with van der Waals surface area (Å²) in [4.78, 5) is 32.9. The Morgan fingerprint density at radius 1 is 1.10 bits per heavy atom. The minimum absolute atomic E-state index is 0.0568. The molecule has 2 aliphatic carbocycles. The van der Waals surface area contributed by atoms with E-state index in [-0.39, 0.29) is 23.3 Å². The summed E-state index contributed by atoms with van der Waals surface area (Å²) in [6, 6.07) is 12.6. The second-order valence-corrected chi connectivity index (χ2v) is 12.8. The zero-order valence-electron chi connectivity index (χ0n) is 23.4. The lowest BCUT2D eigenvalue weighted by atomic mass is 9.96. The number of nitrogens with one attached hydrogen (secondary N) is 1. The second kappa shape index (κ2) is 11.8. The van der Waals surface area contributed by atoms with Gasteiger partial charge in [-0.05, 0) is 61.8 Å². The second-order valence-electron chi connectivity index (χ2n) is 11.1. The van der Waals surface area contributed by atoms with E-state index in [4.69, 9.17) is 9.73 Å². The third-order valence-corrected chi connectivity index (χ3v) is 9.51. The van der Waals surface area contributed by atoms with Crippen molar-refractivity contribution in [1.29, 1.82) is 0 Å². The first kappa shape index (κ1) is 28.5. The molecule has 1 aliphatic heterocycles. The van der Waals surface area contributed by atoms with Crippen LogP contribution in [0.25, 0.3) is 11.1 Å². The summed E-state index contributed by atoms with van der Waals surface area (Å²) < 4.78 is 34.6. The molecule has 1 heterocycles. The van der Waals surface area contributed by atoms with Gasteiger partial charge in [-0.15, -0.1) is 0 Å². The molecule has 2 aromatic carbocycles. The lowest BCUT2D eigenvalue weighted by Crippen LogP contribution is -2.40. The Morgan fingerprint density at radius 3 is 2.55 bits per heavy atom. The van der Waals surface area contributed by atoms with Gasteiger partial charge in [-0.1, -0.05) is 62.6 Å². The van der Waals surface area contributed by atoms with Crippen LogP contribution >= 0.6 is 0 Å². The minimum Gasteiger partial charge on any atom is -0.377 e. The molecule has 3 aliphatic rings. The number of unbranched alkanes of at least 4 members (excludes halogenated alkanes) is 1. The Hall–Kier alpha value is -3.04. The van der Waals surface area contributed by atoms with E-state index in [0.29, 0.717) is 31.6 Å². The number of sulfonamides is 1. The Kier molecular flexibility index (Phi) is 8.42. The van der Waals surface area contributed by atoms with Crippen molar-refractivity contribution < 1.29 is 22.7 Å². The van der Waals surface area contributed by atoms with Gasteiger partial charge in [0.05, 0.1) is 18.0 Å². The van der Waals surface area contributed by atoms with E-state index in [1.165, 1.54) is 6.07 Å². The zero-order valence-corrected chi connectivity index (χ0v) is 24.3. The molecule has 9 heteroatoms. The van der Waals surface area contributed by atoms with Crippen LogP contribution < -0.4 is 4.72 Å². The van der Waals surface area contributed by atoms with Gasteiger partial charge in [0.15, 0.2) is 0 Å². The molecule has 8 nitrogen and oxygen atoms in total. The summed E-state index contributed by atoms with van der Waals surface area (Å²) in [6.45, 7) is 5.26. The average Bonchev–Trinajstić information content (AvgIpc) is 3.65. The zero-order chi connectivity index (χ0) is 28.3. The number of aliphatic imine (C=N–C) groups is 1. The van der Waals surface area contributed by atoms with Gasteiger partial charge in [-0.2, -0.15) is 0 Å². The SMILES string of the molecule is CCCCC1=NC2(CCCC2)C(=O)N1Cc1ccc(-c2ccccc2S(=O)(=O)NC(=O)C2CC2)c(COCC)c1. The fourth-order valence-electron chi connectivity index (χ4n) is 5.76. The van der Waals surface area contributed by atoms with E-state index in [2.05, 4.69) is 11.6 Å². The van der Waals surface area contributed by atoms with E-state index in [9.17, 15) is 18.0 Å². The molecular formula is C31H39N3O5S. The lowest BCUT2D eigenvalue weighted by Gasteiger charge is -2.23. The van der Waals surface area contributed by atoms with E-state index < -0.39 is 21.5 Å². The van der Waals surface area contributed by atoms with Crippen LogP contribution in [0.5, 0.6) is 0 Å². The largest absolute Gasteiger partial charge is 0.377 e. The molecular weight excluding hydrogens is 526 g/mol. The van der Waals surface area contributed by atoms with Crippen molar-refractivity contribution in [3.8, 4) is 11.1 Å². The summed E-state index contributed by atoms with van der Waals surface area (Å²) >= 11 is 0. The van der Waals surface area contributed by atoms with Crippen molar-refractivity contribution in [1.82, 2.24) is 9.62 Å². The number of carbonyl (C=O) groups is 2. The molecule has 0 aromatic heterocycles. The molecule has 214 valence electrons. The fourth-order valence-corrected chi connectivity index (χ4v) is 7.03. The molecule has 2 amide bonds. The number of carbonyl (C=O) groups excluding carboxylic acids is 2. The van der Waals surface area contributed by atoms with Crippen LogP contribution in [0, 0.1) is 5.92 Å². The Balaban J connectivity index is 1.47. The van der Waals surface area contributed by atoms with Crippen molar-refractivity contribution in [3.05, 3.63) is 53.6 Å². The normalized spacial score (nSPS) is 18.4. The molecule has 0 atom stereocenters. The van der Waals surface area contributed by atoms with Gasteiger partial charge in [0.2, 0.25) is 5.91 Å².